The van der Waals surface area contributed by atoms with Crippen molar-refractivity contribution in [3.8, 4) is 11.1 Å². The standard InChI is InChI=1S/C25H24F2N2O5/c1-15(22(30)29-12-21(23(31)32)25(26,27)14-29)10-11-28-24(33)34-13-20-18-8-4-2-6-16(18)17-7-3-5-9-19(17)20/h2-10,20-21H,11-14H2,1H3,(H,28,33)(H,31,32)/b15-10+. The predicted octanol–water partition coefficient (Wildman–Crippen LogP) is 3.65. The minimum atomic E-state index is -3.48. The van der Waals surface area contributed by atoms with Gasteiger partial charge in [-0.15, -0.1) is 0 Å². The highest BCUT2D eigenvalue weighted by Gasteiger charge is 2.53. The topological polar surface area (TPSA) is 95.9 Å². The summed E-state index contributed by atoms with van der Waals surface area (Å²) in [5.41, 5.74) is 4.52. The zero-order valence-electron chi connectivity index (χ0n) is 18.5. The molecule has 0 spiro atoms. The number of aliphatic carboxylic acids is 1. The van der Waals surface area contributed by atoms with Gasteiger partial charge in [0.25, 0.3) is 5.92 Å². The van der Waals surface area contributed by atoms with E-state index in [4.69, 9.17) is 9.84 Å². The van der Waals surface area contributed by atoms with Crippen molar-refractivity contribution in [2.75, 3.05) is 26.2 Å². The number of ether oxygens (including phenoxy) is 1. The number of alkyl halides is 2. The molecule has 1 unspecified atom stereocenters. The number of fused-ring (bicyclic) bond motifs is 3. The van der Waals surface area contributed by atoms with Crippen molar-refractivity contribution >= 4 is 18.0 Å². The molecule has 0 bridgehead atoms. The lowest BCUT2D eigenvalue weighted by Gasteiger charge is -2.16. The molecular weight excluding hydrogens is 446 g/mol. The highest BCUT2D eigenvalue weighted by Crippen LogP contribution is 2.44. The van der Waals surface area contributed by atoms with E-state index in [1.54, 1.807) is 0 Å². The molecule has 0 radical (unpaired) electrons. The molecular formula is C25H24F2N2O5. The van der Waals surface area contributed by atoms with Gasteiger partial charge in [-0.3, -0.25) is 9.59 Å². The first kappa shape index (κ1) is 23.4. The number of amides is 2. The molecule has 2 N–H and O–H groups in total. The van der Waals surface area contributed by atoms with Gasteiger partial charge in [-0.25, -0.2) is 13.6 Å². The molecule has 1 atom stereocenters. The number of benzene rings is 2. The number of alkyl carbamates (subject to hydrolysis) is 1. The zero-order chi connectivity index (χ0) is 24.5. The fourth-order valence-corrected chi connectivity index (χ4v) is 4.47. The third kappa shape index (κ3) is 4.50. The second-order valence-electron chi connectivity index (χ2n) is 8.43. The van der Waals surface area contributed by atoms with E-state index in [0.717, 1.165) is 27.2 Å². The van der Waals surface area contributed by atoms with Crippen LogP contribution in [0, 0.1) is 5.92 Å². The van der Waals surface area contributed by atoms with Crippen molar-refractivity contribution < 1.29 is 33.0 Å². The van der Waals surface area contributed by atoms with Gasteiger partial charge >= 0.3 is 12.1 Å². The third-order valence-corrected chi connectivity index (χ3v) is 6.24. The number of carbonyl (C=O) groups excluding carboxylic acids is 2. The average molecular weight is 470 g/mol. The maximum Gasteiger partial charge on any atom is 0.407 e. The van der Waals surface area contributed by atoms with Crippen LogP contribution in [0.4, 0.5) is 13.6 Å². The second-order valence-corrected chi connectivity index (χ2v) is 8.43. The van der Waals surface area contributed by atoms with E-state index >= 15 is 0 Å². The highest BCUT2D eigenvalue weighted by molar-refractivity contribution is 5.93. The summed E-state index contributed by atoms with van der Waals surface area (Å²) >= 11 is 0. The Morgan fingerprint density at radius 3 is 2.26 bits per heavy atom. The first-order valence-corrected chi connectivity index (χ1v) is 10.8. The van der Waals surface area contributed by atoms with Crippen molar-refractivity contribution in [1.29, 1.82) is 0 Å². The lowest BCUT2D eigenvalue weighted by molar-refractivity contribution is -0.151. The van der Waals surface area contributed by atoms with Crippen LogP contribution in [0.25, 0.3) is 11.1 Å². The Bertz CT molecular complexity index is 1120. The van der Waals surface area contributed by atoms with Gasteiger partial charge in [0.1, 0.15) is 12.5 Å². The minimum Gasteiger partial charge on any atom is -0.481 e. The summed E-state index contributed by atoms with van der Waals surface area (Å²) in [6.07, 6.45) is 0.715. The van der Waals surface area contributed by atoms with Gasteiger partial charge < -0.3 is 20.1 Å². The van der Waals surface area contributed by atoms with Gasteiger partial charge in [-0.05, 0) is 29.2 Å². The Morgan fingerprint density at radius 2 is 1.71 bits per heavy atom. The summed E-state index contributed by atoms with van der Waals surface area (Å²) in [4.78, 5) is 36.4. The molecule has 4 rings (SSSR count). The Kier molecular flexibility index (Phi) is 6.37. The quantitative estimate of drug-likeness (QED) is 0.629. The van der Waals surface area contributed by atoms with Crippen molar-refractivity contribution in [2.24, 2.45) is 5.92 Å². The highest BCUT2D eigenvalue weighted by atomic mass is 19.3. The van der Waals surface area contributed by atoms with Crippen LogP contribution < -0.4 is 5.32 Å². The lowest BCUT2D eigenvalue weighted by Crippen LogP contribution is -2.33. The zero-order valence-corrected chi connectivity index (χ0v) is 18.5. The first-order chi connectivity index (χ1) is 16.2. The summed E-state index contributed by atoms with van der Waals surface area (Å²) in [5.74, 6) is -7.84. The van der Waals surface area contributed by atoms with E-state index in [0.29, 0.717) is 0 Å². The molecule has 1 aliphatic heterocycles. The average Bonchev–Trinajstić information content (AvgIpc) is 3.31. The molecule has 2 aromatic carbocycles. The molecule has 178 valence electrons. The summed E-state index contributed by atoms with van der Waals surface area (Å²) in [7, 11) is 0. The van der Waals surface area contributed by atoms with Gasteiger partial charge in [0, 0.05) is 24.6 Å². The minimum absolute atomic E-state index is 0.0408. The van der Waals surface area contributed by atoms with Gasteiger partial charge in [0.2, 0.25) is 5.91 Å². The molecule has 34 heavy (non-hydrogen) atoms. The molecule has 2 aromatic rings. The van der Waals surface area contributed by atoms with E-state index in [2.05, 4.69) is 5.32 Å². The number of rotatable bonds is 6. The Balaban J connectivity index is 1.30. The molecule has 2 amide bonds. The van der Waals surface area contributed by atoms with Gasteiger partial charge in [-0.1, -0.05) is 54.6 Å². The Hall–Kier alpha value is -3.75. The van der Waals surface area contributed by atoms with E-state index in [1.807, 2.05) is 48.5 Å². The predicted molar refractivity (Wildman–Crippen MR) is 119 cm³/mol. The molecule has 2 aliphatic rings. The number of likely N-dealkylation sites (tertiary alicyclic amines) is 1. The van der Waals surface area contributed by atoms with Crippen molar-refractivity contribution in [3.63, 3.8) is 0 Å². The van der Waals surface area contributed by atoms with E-state index < -0.39 is 42.9 Å². The van der Waals surface area contributed by atoms with Crippen LogP contribution in [-0.2, 0) is 14.3 Å². The van der Waals surface area contributed by atoms with Crippen LogP contribution in [0.3, 0.4) is 0 Å². The molecule has 1 heterocycles. The van der Waals surface area contributed by atoms with Gasteiger partial charge in [0.15, 0.2) is 0 Å². The number of carboxylic acids is 1. The molecule has 1 saturated heterocycles. The molecule has 1 aliphatic carbocycles. The van der Waals surface area contributed by atoms with Crippen molar-refractivity contribution in [2.45, 2.75) is 18.8 Å². The Labute approximate surface area is 195 Å². The Morgan fingerprint density at radius 1 is 1.12 bits per heavy atom. The van der Waals surface area contributed by atoms with Crippen LogP contribution in [-0.4, -0.2) is 60.1 Å². The van der Waals surface area contributed by atoms with E-state index in [9.17, 15) is 23.2 Å². The first-order valence-electron chi connectivity index (χ1n) is 10.8. The summed E-state index contributed by atoms with van der Waals surface area (Å²) in [5, 5.41) is 11.5. The van der Waals surface area contributed by atoms with Gasteiger partial charge in [0.05, 0.1) is 6.54 Å². The lowest BCUT2D eigenvalue weighted by atomic mass is 9.98. The smallest absolute Gasteiger partial charge is 0.407 e. The summed E-state index contributed by atoms with van der Waals surface area (Å²) in [6.45, 7) is 0.00960. The number of hydrogen-bond donors (Lipinski definition) is 2. The molecule has 9 heteroatoms. The number of carbonyl (C=O) groups is 3. The fraction of sp³-hybridized carbons (Fsp3) is 0.320. The number of carboxylic acid groups (broad SMARTS) is 1. The maximum atomic E-state index is 13.8. The third-order valence-electron chi connectivity index (χ3n) is 6.24. The fourth-order valence-electron chi connectivity index (χ4n) is 4.47. The maximum absolute atomic E-state index is 13.8. The van der Waals surface area contributed by atoms with E-state index in [1.165, 1.54) is 13.0 Å². The van der Waals surface area contributed by atoms with Crippen LogP contribution in [0.5, 0.6) is 0 Å². The van der Waals surface area contributed by atoms with Crippen LogP contribution in [0.15, 0.2) is 60.2 Å². The largest absolute Gasteiger partial charge is 0.481 e. The number of hydrogen-bond acceptors (Lipinski definition) is 4. The monoisotopic (exact) mass is 470 g/mol. The SMILES string of the molecule is C/C(=C\CNC(=O)OCC1c2ccccc2-c2ccccc21)C(=O)N1CC(C(=O)O)C(F)(F)C1. The normalized spacial score (nSPS) is 18.9. The van der Waals surface area contributed by atoms with Crippen LogP contribution in [0.2, 0.25) is 0 Å². The number of nitrogens with one attached hydrogen (secondary N) is 1. The molecule has 0 aromatic heterocycles. The van der Waals surface area contributed by atoms with Crippen molar-refractivity contribution in [1.82, 2.24) is 10.2 Å². The molecule has 1 fully saturated rings. The summed E-state index contributed by atoms with van der Waals surface area (Å²) < 4.78 is 33.1. The van der Waals surface area contributed by atoms with Crippen LogP contribution >= 0.6 is 0 Å². The van der Waals surface area contributed by atoms with Gasteiger partial charge in [-0.2, -0.15) is 0 Å². The summed E-state index contributed by atoms with van der Waals surface area (Å²) in [6, 6.07) is 15.9. The molecule has 7 nitrogen and oxygen atoms in total. The number of nitrogens with zero attached hydrogens (tertiary/aromatic N) is 1. The molecule has 0 saturated carbocycles. The number of halogens is 2. The van der Waals surface area contributed by atoms with Crippen molar-refractivity contribution in [3.05, 3.63) is 71.3 Å². The second kappa shape index (κ2) is 9.24. The van der Waals surface area contributed by atoms with Crippen LogP contribution in [0.1, 0.15) is 24.0 Å². The van der Waals surface area contributed by atoms with E-state index in [-0.39, 0.29) is 24.6 Å².